The number of morpholine rings is 2. The lowest BCUT2D eigenvalue weighted by Crippen LogP contribution is -2.65. The maximum Gasteiger partial charge on any atom is 0.322 e. The Hall–Kier alpha value is -2.13. The molecule has 1 spiro atoms. The van der Waals surface area contributed by atoms with Crippen LogP contribution in [0.4, 0.5) is 10.5 Å². The number of carbonyl (C=O) groups excluding carboxylic acids is 2. The molecule has 1 aromatic heterocycles. The molecule has 9 heteroatoms. The molecule has 1 unspecified atom stereocenters. The quantitative estimate of drug-likeness (QED) is 0.790. The maximum absolute atomic E-state index is 13.3. The number of hydrogen-bond acceptors (Lipinski definition) is 6. The minimum atomic E-state index is -0.979. The number of urea groups is 1. The summed E-state index contributed by atoms with van der Waals surface area (Å²) < 4.78 is 17.1. The zero-order valence-corrected chi connectivity index (χ0v) is 18.2. The fraction of sp³-hybridized carbons (Fsp3) is 0.762. The van der Waals surface area contributed by atoms with Crippen molar-refractivity contribution in [3.05, 3.63) is 11.5 Å². The molecule has 166 valence electrons. The molecule has 1 aliphatic carbocycles. The Morgan fingerprint density at radius 1 is 1.00 bits per heavy atom. The summed E-state index contributed by atoms with van der Waals surface area (Å²) in [6, 6.07) is -0.252. The van der Waals surface area contributed by atoms with Crippen molar-refractivity contribution in [3.8, 4) is 0 Å². The third kappa shape index (κ3) is 4.05. The summed E-state index contributed by atoms with van der Waals surface area (Å²) in [6.45, 7) is 8.01. The first kappa shape index (κ1) is 21.1. The summed E-state index contributed by atoms with van der Waals surface area (Å²) in [6.07, 6.45) is 5.27. The number of anilines is 1. The summed E-state index contributed by atoms with van der Waals surface area (Å²) in [5.74, 6) is -0.228. The van der Waals surface area contributed by atoms with E-state index in [9.17, 15) is 9.59 Å². The molecule has 2 aliphatic heterocycles. The molecule has 2 saturated heterocycles. The first-order chi connectivity index (χ1) is 14.3. The number of ether oxygens (including phenoxy) is 2. The summed E-state index contributed by atoms with van der Waals surface area (Å²) >= 11 is 0. The van der Waals surface area contributed by atoms with Crippen molar-refractivity contribution in [1.82, 2.24) is 15.0 Å². The van der Waals surface area contributed by atoms with Gasteiger partial charge in [0.05, 0.1) is 26.3 Å². The summed E-state index contributed by atoms with van der Waals surface area (Å²) in [4.78, 5) is 29.7. The average molecular weight is 421 g/mol. The predicted molar refractivity (Wildman–Crippen MR) is 109 cm³/mol. The van der Waals surface area contributed by atoms with Gasteiger partial charge in [-0.05, 0) is 26.7 Å². The first-order valence-electron chi connectivity index (χ1n) is 10.9. The lowest BCUT2D eigenvalue weighted by atomic mass is 9.74. The van der Waals surface area contributed by atoms with Crippen LogP contribution in [0.25, 0.3) is 0 Å². The number of aromatic nitrogens is 1. The molecular weight excluding hydrogens is 388 g/mol. The van der Waals surface area contributed by atoms with E-state index in [2.05, 4.69) is 17.4 Å². The number of rotatable bonds is 2. The molecule has 9 nitrogen and oxygen atoms in total. The SMILES string of the molecule is Cc1noc(C)c1NC(=O)N1CCOC2(C1)CN(C(=O)C1(C)CCCCC1)CCO2. The number of amides is 3. The Kier molecular flexibility index (Phi) is 5.76. The van der Waals surface area contributed by atoms with Crippen molar-refractivity contribution in [2.45, 2.75) is 58.7 Å². The van der Waals surface area contributed by atoms with Gasteiger partial charge in [-0.1, -0.05) is 31.3 Å². The zero-order valence-electron chi connectivity index (χ0n) is 18.2. The van der Waals surface area contributed by atoms with Crippen LogP contribution in [0.15, 0.2) is 4.52 Å². The Balaban J connectivity index is 1.43. The Bertz CT molecular complexity index is 780. The van der Waals surface area contributed by atoms with E-state index in [1.165, 1.54) is 6.42 Å². The largest absolute Gasteiger partial charge is 0.359 e. The van der Waals surface area contributed by atoms with Crippen LogP contribution in [0.1, 0.15) is 50.5 Å². The van der Waals surface area contributed by atoms with Gasteiger partial charge in [0.2, 0.25) is 11.7 Å². The minimum absolute atomic E-state index is 0.186. The van der Waals surface area contributed by atoms with Gasteiger partial charge in [0, 0.05) is 18.5 Å². The number of carbonyl (C=O) groups is 2. The molecule has 4 rings (SSSR count). The molecule has 1 N–H and O–H groups in total. The molecule has 1 saturated carbocycles. The summed E-state index contributed by atoms with van der Waals surface area (Å²) in [5, 5.41) is 6.76. The predicted octanol–water partition coefficient (Wildman–Crippen LogP) is 2.68. The van der Waals surface area contributed by atoms with Gasteiger partial charge in [-0.15, -0.1) is 0 Å². The second kappa shape index (κ2) is 8.19. The second-order valence-corrected chi connectivity index (χ2v) is 9.01. The van der Waals surface area contributed by atoms with E-state index in [4.69, 9.17) is 14.0 Å². The Labute approximate surface area is 177 Å². The second-order valence-electron chi connectivity index (χ2n) is 9.01. The highest BCUT2D eigenvalue weighted by molar-refractivity contribution is 5.90. The fourth-order valence-corrected chi connectivity index (χ4v) is 4.82. The smallest absolute Gasteiger partial charge is 0.322 e. The van der Waals surface area contributed by atoms with E-state index in [1.54, 1.807) is 18.7 Å². The van der Waals surface area contributed by atoms with Crippen LogP contribution >= 0.6 is 0 Å². The molecule has 30 heavy (non-hydrogen) atoms. The zero-order chi connectivity index (χ0) is 21.4. The molecule has 1 atom stereocenters. The standard InChI is InChI=1S/C21H32N4O5/c1-15-17(16(2)30-23-15)22-19(27)25-10-12-29-21(14-25)13-24(9-11-28-21)18(26)20(3)7-5-4-6-8-20/h4-14H2,1-3H3,(H,22,27). The molecule has 0 bridgehead atoms. The highest BCUT2D eigenvalue weighted by Gasteiger charge is 2.47. The van der Waals surface area contributed by atoms with Gasteiger partial charge in [-0.3, -0.25) is 4.79 Å². The van der Waals surface area contributed by atoms with E-state index < -0.39 is 5.79 Å². The van der Waals surface area contributed by atoms with E-state index in [-0.39, 0.29) is 23.9 Å². The summed E-state index contributed by atoms with van der Waals surface area (Å²) in [5.41, 5.74) is 0.925. The van der Waals surface area contributed by atoms with Crippen LogP contribution in [0, 0.1) is 19.3 Å². The minimum Gasteiger partial charge on any atom is -0.359 e. The van der Waals surface area contributed by atoms with Gasteiger partial charge in [0.1, 0.15) is 11.4 Å². The van der Waals surface area contributed by atoms with E-state index >= 15 is 0 Å². The normalized spacial score (nSPS) is 26.6. The monoisotopic (exact) mass is 420 g/mol. The van der Waals surface area contributed by atoms with Crippen molar-refractivity contribution in [2.24, 2.45) is 5.41 Å². The third-order valence-corrected chi connectivity index (χ3v) is 6.63. The van der Waals surface area contributed by atoms with E-state index in [0.29, 0.717) is 50.0 Å². The van der Waals surface area contributed by atoms with Gasteiger partial charge in [-0.2, -0.15) is 0 Å². The van der Waals surface area contributed by atoms with E-state index in [1.807, 2.05) is 4.90 Å². The van der Waals surface area contributed by atoms with Crippen LogP contribution in [0.5, 0.6) is 0 Å². The van der Waals surface area contributed by atoms with Crippen LogP contribution in [-0.4, -0.2) is 72.1 Å². The van der Waals surface area contributed by atoms with Gasteiger partial charge in [-0.25, -0.2) is 4.79 Å². The van der Waals surface area contributed by atoms with Crippen molar-refractivity contribution in [2.75, 3.05) is 44.7 Å². The molecule has 3 aliphatic rings. The Morgan fingerprint density at radius 2 is 1.63 bits per heavy atom. The van der Waals surface area contributed by atoms with Crippen molar-refractivity contribution in [3.63, 3.8) is 0 Å². The van der Waals surface area contributed by atoms with Crippen LogP contribution < -0.4 is 5.32 Å². The van der Waals surface area contributed by atoms with Crippen molar-refractivity contribution < 1.29 is 23.6 Å². The highest BCUT2D eigenvalue weighted by Crippen LogP contribution is 2.38. The maximum atomic E-state index is 13.3. The lowest BCUT2D eigenvalue weighted by molar-refractivity contribution is -0.285. The topological polar surface area (TPSA) is 97.1 Å². The number of hydrogen-bond donors (Lipinski definition) is 1. The van der Waals surface area contributed by atoms with Crippen LogP contribution in [-0.2, 0) is 14.3 Å². The van der Waals surface area contributed by atoms with E-state index in [0.717, 1.165) is 25.7 Å². The van der Waals surface area contributed by atoms with Gasteiger partial charge < -0.3 is 29.1 Å². The average Bonchev–Trinajstić information content (AvgIpc) is 3.06. The molecular formula is C21H32N4O5. The molecule has 0 radical (unpaired) electrons. The molecule has 3 fully saturated rings. The number of aryl methyl sites for hydroxylation is 2. The summed E-state index contributed by atoms with van der Waals surface area (Å²) in [7, 11) is 0. The van der Waals surface area contributed by atoms with Crippen molar-refractivity contribution >= 4 is 17.6 Å². The third-order valence-electron chi connectivity index (χ3n) is 6.63. The highest BCUT2D eigenvalue weighted by atomic mass is 16.7. The molecule has 0 aromatic carbocycles. The Morgan fingerprint density at radius 3 is 2.27 bits per heavy atom. The molecule has 3 heterocycles. The molecule has 3 amide bonds. The van der Waals surface area contributed by atoms with Crippen LogP contribution in [0.2, 0.25) is 0 Å². The number of nitrogens with zero attached hydrogens (tertiary/aromatic N) is 3. The molecule has 1 aromatic rings. The first-order valence-corrected chi connectivity index (χ1v) is 10.9. The van der Waals surface area contributed by atoms with Crippen LogP contribution in [0.3, 0.4) is 0 Å². The van der Waals surface area contributed by atoms with Gasteiger partial charge in [0.15, 0.2) is 5.76 Å². The number of nitrogens with one attached hydrogen (secondary N) is 1. The van der Waals surface area contributed by atoms with Gasteiger partial charge >= 0.3 is 6.03 Å². The fourth-order valence-electron chi connectivity index (χ4n) is 4.82. The van der Waals surface area contributed by atoms with Gasteiger partial charge in [0.25, 0.3) is 0 Å². The lowest BCUT2D eigenvalue weighted by Gasteiger charge is -2.49. The van der Waals surface area contributed by atoms with Crippen molar-refractivity contribution in [1.29, 1.82) is 0 Å².